The van der Waals surface area contributed by atoms with Crippen molar-refractivity contribution in [2.45, 2.75) is 6.54 Å². The molecule has 1 aromatic rings. The minimum Gasteiger partial charge on any atom is -0.480 e. The van der Waals surface area contributed by atoms with Crippen molar-refractivity contribution < 1.29 is 19.4 Å². The Morgan fingerprint density at radius 1 is 1.71 bits per heavy atom. The van der Waals surface area contributed by atoms with Crippen molar-refractivity contribution in [3.8, 4) is 0 Å². The summed E-state index contributed by atoms with van der Waals surface area (Å²) in [5, 5.41) is 17.6. The molecule has 0 aliphatic carbocycles. The van der Waals surface area contributed by atoms with E-state index in [1.165, 1.54) is 13.3 Å². The van der Waals surface area contributed by atoms with E-state index in [0.717, 1.165) is 4.68 Å². The summed E-state index contributed by atoms with van der Waals surface area (Å²) in [6.45, 7) is -0.310. The molecule has 1 amide bonds. The lowest BCUT2D eigenvalue weighted by Crippen LogP contribution is -2.11. The fourth-order valence-electron chi connectivity index (χ4n) is 0.727. The fraction of sp³-hybridized carbons (Fsp3) is 0.333. The molecule has 0 atom stereocenters. The number of amides is 1. The fourth-order valence-corrected chi connectivity index (χ4v) is 0.727. The number of anilines is 1. The average molecular weight is 200 g/mol. The van der Waals surface area contributed by atoms with E-state index >= 15 is 0 Å². The number of aliphatic carboxylic acids is 1. The van der Waals surface area contributed by atoms with Crippen molar-refractivity contribution in [3.63, 3.8) is 0 Å². The van der Waals surface area contributed by atoms with Crippen LogP contribution in [0.15, 0.2) is 6.20 Å². The standard InChI is InChI=1S/C6H8N4O4/c1-14-6(13)7-4-2-10(9-8-4)3-5(11)12/h2H,3H2,1H3,(H,7,13)(H,11,12). The van der Waals surface area contributed by atoms with Gasteiger partial charge in [-0.3, -0.25) is 10.1 Å². The number of carbonyl (C=O) groups excluding carboxylic acids is 1. The van der Waals surface area contributed by atoms with E-state index in [1.807, 2.05) is 0 Å². The molecule has 0 unspecified atom stereocenters. The number of carboxylic acid groups (broad SMARTS) is 1. The summed E-state index contributed by atoms with van der Waals surface area (Å²) in [7, 11) is 1.21. The smallest absolute Gasteiger partial charge is 0.412 e. The third kappa shape index (κ3) is 2.73. The van der Waals surface area contributed by atoms with Gasteiger partial charge in [-0.2, -0.15) is 0 Å². The van der Waals surface area contributed by atoms with Crippen LogP contribution in [0.25, 0.3) is 0 Å². The van der Waals surface area contributed by atoms with Gasteiger partial charge in [-0.05, 0) is 0 Å². The third-order valence-electron chi connectivity index (χ3n) is 1.25. The second kappa shape index (κ2) is 4.21. The normalized spacial score (nSPS) is 9.50. The highest BCUT2D eigenvalue weighted by molar-refractivity contribution is 5.82. The van der Waals surface area contributed by atoms with Gasteiger partial charge in [-0.15, -0.1) is 5.10 Å². The first-order chi connectivity index (χ1) is 6.61. The SMILES string of the molecule is COC(=O)Nc1cn(CC(=O)O)nn1. The maximum atomic E-state index is 10.7. The minimum atomic E-state index is -1.04. The van der Waals surface area contributed by atoms with E-state index < -0.39 is 12.1 Å². The zero-order chi connectivity index (χ0) is 10.6. The van der Waals surface area contributed by atoms with Crippen molar-refractivity contribution in [1.29, 1.82) is 0 Å². The predicted octanol–water partition coefficient (Wildman–Crippen LogP) is -0.459. The van der Waals surface area contributed by atoms with Gasteiger partial charge in [0.1, 0.15) is 6.54 Å². The van der Waals surface area contributed by atoms with E-state index in [1.54, 1.807) is 0 Å². The van der Waals surface area contributed by atoms with Crippen LogP contribution >= 0.6 is 0 Å². The molecule has 0 radical (unpaired) electrons. The van der Waals surface area contributed by atoms with Gasteiger partial charge in [0.15, 0.2) is 5.82 Å². The van der Waals surface area contributed by atoms with Crippen LogP contribution in [0, 0.1) is 0 Å². The first-order valence-electron chi connectivity index (χ1n) is 3.58. The van der Waals surface area contributed by atoms with Gasteiger partial charge in [0.05, 0.1) is 13.3 Å². The number of rotatable bonds is 3. The quantitative estimate of drug-likeness (QED) is 0.683. The minimum absolute atomic E-state index is 0.137. The van der Waals surface area contributed by atoms with Crippen LogP contribution in [0.1, 0.15) is 0 Å². The monoisotopic (exact) mass is 200 g/mol. The topological polar surface area (TPSA) is 106 Å². The lowest BCUT2D eigenvalue weighted by atomic mass is 10.6. The summed E-state index contributed by atoms with van der Waals surface area (Å²) in [5.74, 6) is -0.905. The van der Waals surface area contributed by atoms with E-state index in [0.29, 0.717) is 0 Å². The molecule has 8 heteroatoms. The molecule has 76 valence electrons. The number of hydrogen-bond donors (Lipinski definition) is 2. The molecule has 0 saturated heterocycles. The van der Waals surface area contributed by atoms with Gasteiger partial charge < -0.3 is 9.84 Å². The molecular weight excluding hydrogens is 192 g/mol. The van der Waals surface area contributed by atoms with Gasteiger partial charge in [-0.1, -0.05) is 5.21 Å². The predicted molar refractivity (Wildman–Crippen MR) is 43.7 cm³/mol. The van der Waals surface area contributed by atoms with Gasteiger partial charge in [0.25, 0.3) is 0 Å². The molecule has 0 aliphatic rings. The molecule has 0 bridgehead atoms. The number of nitrogens with zero attached hydrogens (tertiary/aromatic N) is 3. The Labute approximate surface area is 78.5 Å². The maximum Gasteiger partial charge on any atom is 0.412 e. The Hall–Kier alpha value is -2.12. The van der Waals surface area contributed by atoms with Crippen molar-refractivity contribution in [2.24, 2.45) is 0 Å². The Bertz CT molecular complexity index is 347. The van der Waals surface area contributed by atoms with Crippen LogP contribution in [0.4, 0.5) is 10.6 Å². The van der Waals surface area contributed by atoms with Crippen LogP contribution in [0.2, 0.25) is 0 Å². The number of aromatic nitrogens is 3. The number of ether oxygens (including phenoxy) is 1. The van der Waals surface area contributed by atoms with E-state index in [-0.39, 0.29) is 12.4 Å². The largest absolute Gasteiger partial charge is 0.480 e. The van der Waals surface area contributed by atoms with E-state index in [9.17, 15) is 9.59 Å². The number of methoxy groups -OCH3 is 1. The molecule has 0 aliphatic heterocycles. The zero-order valence-electron chi connectivity index (χ0n) is 7.30. The van der Waals surface area contributed by atoms with E-state index in [4.69, 9.17) is 5.11 Å². The number of carbonyl (C=O) groups is 2. The second-order valence-corrected chi connectivity index (χ2v) is 2.31. The first kappa shape index (κ1) is 9.96. The lowest BCUT2D eigenvalue weighted by molar-refractivity contribution is -0.137. The van der Waals surface area contributed by atoms with Crippen molar-refractivity contribution in [3.05, 3.63) is 6.20 Å². The highest BCUT2D eigenvalue weighted by Crippen LogP contribution is 1.99. The summed E-state index contributed by atoms with van der Waals surface area (Å²) in [5.41, 5.74) is 0. The Morgan fingerprint density at radius 2 is 2.43 bits per heavy atom. The van der Waals surface area contributed by atoms with Crippen LogP contribution in [0.5, 0.6) is 0 Å². The van der Waals surface area contributed by atoms with Crippen molar-refractivity contribution in [2.75, 3.05) is 12.4 Å². The molecule has 0 saturated carbocycles. The molecule has 0 spiro atoms. The first-order valence-corrected chi connectivity index (χ1v) is 3.58. The molecule has 0 fully saturated rings. The maximum absolute atomic E-state index is 10.7. The Kier molecular flexibility index (Phi) is 3.00. The summed E-state index contributed by atoms with van der Waals surface area (Å²) in [6, 6.07) is 0. The van der Waals surface area contributed by atoms with Crippen LogP contribution in [0.3, 0.4) is 0 Å². The second-order valence-electron chi connectivity index (χ2n) is 2.31. The van der Waals surface area contributed by atoms with Gasteiger partial charge in [0, 0.05) is 0 Å². The van der Waals surface area contributed by atoms with Crippen LogP contribution in [-0.2, 0) is 16.1 Å². The number of carboxylic acids is 1. The molecule has 8 nitrogen and oxygen atoms in total. The van der Waals surface area contributed by atoms with Crippen molar-refractivity contribution >= 4 is 17.9 Å². The molecule has 14 heavy (non-hydrogen) atoms. The highest BCUT2D eigenvalue weighted by Gasteiger charge is 2.06. The third-order valence-corrected chi connectivity index (χ3v) is 1.25. The molecule has 1 rings (SSSR count). The summed E-state index contributed by atoms with van der Waals surface area (Å²) < 4.78 is 5.38. The number of hydrogen-bond acceptors (Lipinski definition) is 5. The molecular formula is C6H8N4O4. The van der Waals surface area contributed by atoms with E-state index in [2.05, 4.69) is 20.4 Å². The van der Waals surface area contributed by atoms with Gasteiger partial charge in [0.2, 0.25) is 0 Å². The molecule has 0 aromatic carbocycles. The molecule has 1 heterocycles. The van der Waals surface area contributed by atoms with Gasteiger partial charge in [-0.25, -0.2) is 9.48 Å². The summed E-state index contributed by atoms with van der Waals surface area (Å²) >= 11 is 0. The Balaban J connectivity index is 2.59. The lowest BCUT2D eigenvalue weighted by Gasteiger charge is -1.96. The van der Waals surface area contributed by atoms with Crippen molar-refractivity contribution in [1.82, 2.24) is 15.0 Å². The molecule has 1 aromatic heterocycles. The Morgan fingerprint density at radius 3 is 3.00 bits per heavy atom. The molecule has 2 N–H and O–H groups in total. The van der Waals surface area contributed by atoms with Crippen LogP contribution in [-0.4, -0.2) is 39.3 Å². The zero-order valence-corrected chi connectivity index (χ0v) is 7.30. The summed E-state index contributed by atoms with van der Waals surface area (Å²) in [4.78, 5) is 20.9. The summed E-state index contributed by atoms with van der Waals surface area (Å²) in [6.07, 6.45) is 0.595. The highest BCUT2D eigenvalue weighted by atomic mass is 16.5. The van der Waals surface area contributed by atoms with Crippen LogP contribution < -0.4 is 5.32 Å². The average Bonchev–Trinajstić information content (AvgIpc) is 2.51. The number of nitrogens with one attached hydrogen (secondary N) is 1. The van der Waals surface area contributed by atoms with Gasteiger partial charge >= 0.3 is 12.1 Å².